The van der Waals surface area contributed by atoms with Gasteiger partial charge in [-0.3, -0.25) is 9.59 Å². The number of carbonyl (C=O) groups excluding carboxylic acids is 2. The van der Waals surface area contributed by atoms with Crippen molar-refractivity contribution in [1.29, 1.82) is 0 Å². The zero-order valence-corrected chi connectivity index (χ0v) is 15.5. The van der Waals surface area contributed by atoms with Crippen LogP contribution in [0.25, 0.3) is 0 Å². The van der Waals surface area contributed by atoms with E-state index >= 15 is 0 Å². The van der Waals surface area contributed by atoms with Gasteiger partial charge < -0.3 is 20.2 Å². The Morgan fingerprint density at radius 2 is 1.76 bits per heavy atom. The van der Waals surface area contributed by atoms with E-state index in [1.54, 1.807) is 23.6 Å². The summed E-state index contributed by atoms with van der Waals surface area (Å²) in [5.74, 6) is -1.97. The molecule has 0 aliphatic rings. The summed E-state index contributed by atoms with van der Waals surface area (Å²) in [6.45, 7) is -0.347. The lowest BCUT2D eigenvalue weighted by Crippen LogP contribution is -2.44. The van der Waals surface area contributed by atoms with E-state index in [4.69, 9.17) is 4.42 Å². The van der Waals surface area contributed by atoms with Gasteiger partial charge in [0.2, 0.25) is 0 Å². The van der Waals surface area contributed by atoms with Gasteiger partial charge in [0.25, 0.3) is 0 Å². The molecular weight excluding hydrogens is 409 g/mol. The highest BCUT2D eigenvalue weighted by Crippen LogP contribution is 2.33. The number of hydrogen-bond donors (Lipinski definition) is 3. The van der Waals surface area contributed by atoms with Crippen molar-refractivity contribution in [2.75, 3.05) is 11.9 Å². The van der Waals surface area contributed by atoms with E-state index in [2.05, 4.69) is 10.6 Å². The number of alkyl halides is 3. The van der Waals surface area contributed by atoms with Crippen molar-refractivity contribution >= 4 is 28.8 Å². The number of benzene rings is 1. The number of thiophene rings is 1. The van der Waals surface area contributed by atoms with E-state index in [0.29, 0.717) is 4.88 Å². The quantitative estimate of drug-likeness (QED) is 0.548. The molecule has 1 aromatic carbocycles. The number of amides is 2. The second-order valence-corrected chi connectivity index (χ2v) is 6.97. The fourth-order valence-corrected chi connectivity index (χ4v) is 3.37. The fraction of sp³-hybridized carbons (Fsp3) is 0.158. The third-order valence-electron chi connectivity index (χ3n) is 4.04. The molecule has 1 unspecified atom stereocenters. The average molecular weight is 424 g/mol. The van der Waals surface area contributed by atoms with Crippen molar-refractivity contribution in [3.8, 4) is 0 Å². The molecule has 2 amide bonds. The predicted octanol–water partition coefficient (Wildman–Crippen LogP) is 3.35. The van der Waals surface area contributed by atoms with Crippen LogP contribution in [-0.2, 0) is 21.4 Å². The maximum absolute atomic E-state index is 12.6. The highest BCUT2D eigenvalue weighted by molar-refractivity contribution is 7.10. The Morgan fingerprint density at radius 3 is 2.31 bits per heavy atom. The first-order valence-corrected chi connectivity index (χ1v) is 9.15. The molecule has 0 saturated carbocycles. The summed E-state index contributed by atoms with van der Waals surface area (Å²) >= 11 is 1.24. The number of aliphatic hydroxyl groups is 1. The highest BCUT2D eigenvalue weighted by atomic mass is 32.1. The Hall–Kier alpha value is -3.11. The van der Waals surface area contributed by atoms with Crippen LogP contribution in [0.3, 0.4) is 0 Å². The number of rotatable bonds is 5. The monoisotopic (exact) mass is 424 g/mol. The van der Waals surface area contributed by atoms with Crippen LogP contribution in [-0.4, -0.2) is 23.5 Å². The Balaban J connectivity index is 1.65. The number of anilines is 1. The van der Waals surface area contributed by atoms with Gasteiger partial charge in [-0.15, -0.1) is 11.3 Å². The zero-order valence-electron chi connectivity index (χ0n) is 14.7. The highest BCUT2D eigenvalue weighted by Gasteiger charge is 2.36. The molecule has 2 aromatic heterocycles. The molecule has 0 aliphatic heterocycles. The minimum Gasteiger partial charge on any atom is -0.466 e. The van der Waals surface area contributed by atoms with Crippen molar-refractivity contribution in [2.24, 2.45) is 0 Å². The molecule has 2 heterocycles. The molecule has 1 atom stereocenters. The molecule has 6 nitrogen and oxygen atoms in total. The van der Waals surface area contributed by atoms with Gasteiger partial charge in [0.1, 0.15) is 5.76 Å². The molecule has 29 heavy (non-hydrogen) atoms. The zero-order chi connectivity index (χ0) is 21.1. The molecule has 10 heteroatoms. The lowest BCUT2D eigenvalue weighted by molar-refractivity contribution is -0.137. The first-order chi connectivity index (χ1) is 13.7. The third kappa shape index (κ3) is 4.66. The van der Waals surface area contributed by atoms with Crippen LogP contribution in [0.15, 0.2) is 64.6 Å². The van der Waals surface area contributed by atoms with Crippen LogP contribution in [0.2, 0.25) is 0 Å². The summed E-state index contributed by atoms with van der Waals surface area (Å²) in [5, 5.41) is 17.3. The van der Waals surface area contributed by atoms with E-state index in [1.165, 1.54) is 23.7 Å². The van der Waals surface area contributed by atoms with Gasteiger partial charge in [-0.1, -0.05) is 6.07 Å². The van der Waals surface area contributed by atoms with Crippen molar-refractivity contribution in [2.45, 2.75) is 11.8 Å². The normalized spacial score (nSPS) is 13.5. The van der Waals surface area contributed by atoms with E-state index in [-0.39, 0.29) is 18.0 Å². The van der Waals surface area contributed by atoms with Crippen molar-refractivity contribution in [1.82, 2.24) is 5.32 Å². The van der Waals surface area contributed by atoms with Gasteiger partial charge in [0.15, 0.2) is 5.60 Å². The first-order valence-electron chi connectivity index (χ1n) is 8.27. The lowest BCUT2D eigenvalue weighted by atomic mass is 9.98. The largest absolute Gasteiger partial charge is 0.466 e. The van der Waals surface area contributed by atoms with Crippen molar-refractivity contribution in [3.63, 3.8) is 0 Å². The lowest BCUT2D eigenvalue weighted by Gasteiger charge is -2.25. The van der Waals surface area contributed by atoms with Crippen molar-refractivity contribution in [3.05, 3.63) is 76.4 Å². The van der Waals surface area contributed by atoms with Gasteiger partial charge in [-0.2, -0.15) is 13.2 Å². The second-order valence-electron chi connectivity index (χ2n) is 6.03. The molecule has 0 aliphatic carbocycles. The van der Waals surface area contributed by atoms with E-state index in [0.717, 1.165) is 24.3 Å². The van der Waals surface area contributed by atoms with E-state index in [1.807, 2.05) is 0 Å². The molecule has 3 aromatic rings. The maximum Gasteiger partial charge on any atom is 0.416 e. The molecule has 0 fully saturated rings. The van der Waals surface area contributed by atoms with Crippen LogP contribution >= 0.6 is 11.3 Å². The molecule has 3 rings (SSSR count). The van der Waals surface area contributed by atoms with Gasteiger partial charge in [-0.25, -0.2) is 0 Å². The standard InChI is InChI=1S/C19H15F3N2O4S/c20-19(21,22)12-5-7-13(8-6-12)24-17(26)16(25)23-11-18(27,14-3-1-9-28-14)15-4-2-10-29-15/h1-10,27H,11H2,(H,23,25)(H,24,26). The van der Waals surface area contributed by atoms with Gasteiger partial charge in [0, 0.05) is 10.6 Å². The number of hydrogen-bond acceptors (Lipinski definition) is 5. The van der Waals surface area contributed by atoms with Crippen LogP contribution in [0.5, 0.6) is 0 Å². The summed E-state index contributed by atoms with van der Waals surface area (Å²) in [4.78, 5) is 24.7. The smallest absolute Gasteiger partial charge is 0.416 e. The summed E-state index contributed by atoms with van der Waals surface area (Å²) in [6, 6.07) is 10.1. The SMILES string of the molecule is O=C(NCC(O)(c1ccco1)c1cccs1)C(=O)Nc1ccc(C(F)(F)F)cc1. The number of carbonyl (C=O) groups is 2. The summed E-state index contributed by atoms with van der Waals surface area (Å²) < 4.78 is 43.0. The molecule has 0 spiro atoms. The minimum absolute atomic E-state index is 0.0257. The van der Waals surface area contributed by atoms with Crippen LogP contribution in [0.1, 0.15) is 16.2 Å². The average Bonchev–Trinajstić information content (AvgIpc) is 3.39. The number of furan rings is 1. The molecule has 0 saturated heterocycles. The molecule has 0 bridgehead atoms. The number of halogens is 3. The summed E-state index contributed by atoms with van der Waals surface area (Å²) in [7, 11) is 0. The Labute approximate surface area is 167 Å². The van der Waals surface area contributed by atoms with E-state index in [9.17, 15) is 27.9 Å². The molecular formula is C19H15F3N2O4S. The van der Waals surface area contributed by atoms with Gasteiger partial charge in [0.05, 0.1) is 18.4 Å². The molecule has 3 N–H and O–H groups in total. The molecule has 152 valence electrons. The first kappa shape index (κ1) is 20.6. The topological polar surface area (TPSA) is 91.6 Å². The summed E-state index contributed by atoms with van der Waals surface area (Å²) in [5.41, 5.74) is -2.53. The van der Waals surface area contributed by atoms with Crippen LogP contribution in [0.4, 0.5) is 18.9 Å². The fourth-order valence-electron chi connectivity index (χ4n) is 2.54. The summed E-state index contributed by atoms with van der Waals surface area (Å²) in [6.07, 6.45) is -3.13. The molecule has 0 radical (unpaired) electrons. The van der Waals surface area contributed by atoms with Crippen molar-refractivity contribution < 1.29 is 32.3 Å². The Bertz CT molecular complexity index is 934. The Kier molecular flexibility index (Phi) is 5.76. The van der Waals surface area contributed by atoms with Gasteiger partial charge >= 0.3 is 18.0 Å². The second kappa shape index (κ2) is 8.10. The number of nitrogens with one attached hydrogen (secondary N) is 2. The van der Waals surface area contributed by atoms with Crippen LogP contribution < -0.4 is 10.6 Å². The Morgan fingerprint density at radius 1 is 1.03 bits per heavy atom. The van der Waals surface area contributed by atoms with E-state index < -0.39 is 29.2 Å². The maximum atomic E-state index is 12.6. The predicted molar refractivity (Wildman–Crippen MR) is 99.1 cm³/mol. The minimum atomic E-state index is -4.50. The van der Waals surface area contributed by atoms with Gasteiger partial charge in [-0.05, 0) is 47.8 Å². The van der Waals surface area contributed by atoms with Crippen LogP contribution in [0, 0.1) is 0 Å². The third-order valence-corrected chi connectivity index (χ3v) is 5.06.